The second kappa shape index (κ2) is 9.25. The van der Waals surface area contributed by atoms with Gasteiger partial charge in [0, 0.05) is 17.5 Å². The Morgan fingerprint density at radius 3 is 2.42 bits per heavy atom. The van der Waals surface area contributed by atoms with Crippen molar-refractivity contribution in [3.8, 4) is 17.2 Å². The van der Waals surface area contributed by atoms with Crippen molar-refractivity contribution in [1.82, 2.24) is 14.6 Å². The van der Waals surface area contributed by atoms with Crippen molar-refractivity contribution in [3.63, 3.8) is 0 Å². The summed E-state index contributed by atoms with van der Waals surface area (Å²) in [4.78, 5) is 28.7. The SMILES string of the molecule is COc1ccccc1/C=c1\sc2nc(CCc3cc(OC)c(OC)cc3[N+](=O)[O-])nn2c1=O. The second-order valence-corrected chi connectivity index (χ2v) is 7.98. The van der Waals surface area contributed by atoms with Gasteiger partial charge in [-0.1, -0.05) is 29.5 Å². The maximum Gasteiger partial charge on any atom is 0.291 e. The van der Waals surface area contributed by atoms with Gasteiger partial charge in [-0.2, -0.15) is 4.52 Å². The van der Waals surface area contributed by atoms with Gasteiger partial charge in [-0.05, 0) is 24.6 Å². The zero-order valence-corrected chi connectivity index (χ0v) is 18.9. The molecule has 0 bridgehead atoms. The van der Waals surface area contributed by atoms with E-state index in [9.17, 15) is 14.9 Å². The predicted octanol–water partition coefficient (Wildman–Crippen LogP) is 2.42. The van der Waals surface area contributed by atoms with Gasteiger partial charge in [0.1, 0.15) is 5.75 Å². The number of para-hydroxylation sites is 1. The number of rotatable bonds is 8. The van der Waals surface area contributed by atoms with Crippen LogP contribution < -0.4 is 24.3 Å². The van der Waals surface area contributed by atoms with Crippen molar-refractivity contribution in [3.05, 3.63) is 78.3 Å². The molecular formula is C22H20N4O6S. The third-order valence-electron chi connectivity index (χ3n) is 5.05. The Balaban J connectivity index is 1.62. The average Bonchev–Trinajstić information content (AvgIpc) is 3.35. The molecule has 2 heterocycles. The van der Waals surface area contributed by atoms with Gasteiger partial charge in [0.2, 0.25) is 4.96 Å². The van der Waals surface area contributed by atoms with Crippen LogP contribution in [0.15, 0.2) is 41.2 Å². The van der Waals surface area contributed by atoms with Crippen LogP contribution in [0.2, 0.25) is 0 Å². The van der Waals surface area contributed by atoms with Crippen LogP contribution >= 0.6 is 11.3 Å². The predicted molar refractivity (Wildman–Crippen MR) is 123 cm³/mol. The lowest BCUT2D eigenvalue weighted by molar-refractivity contribution is -0.385. The molecule has 4 aromatic rings. The van der Waals surface area contributed by atoms with E-state index in [0.717, 1.165) is 5.56 Å². The first-order valence-corrected chi connectivity index (χ1v) is 10.7. The van der Waals surface area contributed by atoms with Crippen LogP contribution in [-0.4, -0.2) is 40.9 Å². The molecule has 0 aliphatic carbocycles. The maximum atomic E-state index is 12.8. The summed E-state index contributed by atoms with van der Waals surface area (Å²) in [5.41, 5.74) is 0.884. The quantitative estimate of drug-likeness (QED) is 0.286. The molecule has 170 valence electrons. The van der Waals surface area contributed by atoms with E-state index in [-0.39, 0.29) is 17.0 Å². The third kappa shape index (κ3) is 4.35. The normalized spacial score (nSPS) is 11.7. The number of aryl methyl sites for hydroxylation is 2. The van der Waals surface area contributed by atoms with E-state index in [0.29, 0.717) is 45.2 Å². The third-order valence-corrected chi connectivity index (χ3v) is 6.01. The van der Waals surface area contributed by atoms with E-state index in [2.05, 4.69) is 10.1 Å². The summed E-state index contributed by atoms with van der Waals surface area (Å²) >= 11 is 1.22. The minimum absolute atomic E-state index is 0.0770. The van der Waals surface area contributed by atoms with E-state index in [1.54, 1.807) is 19.3 Å². The Kier molecular flexibility index (Phi) is 6.22. The highest BCUT2D eigenvalue weighted by atomic mass is 32.1. The van der Waals surface area contributed by atoms with E-state index >= 15 is 0 Å². The number of nitro benzene ring substituents is 1. The van der Waals surface area contributed by atoms with Gasteiger partial charge < -0.3 is 14.2 Å². The zero-order chi connectivity index (χ0) is 23.5. The summed E-state index contributed by atoms with van der Waals surface area (Å²) < 4.78 is 17.5. The Bertz CT molecular complexity index is 1450. The fraction of sp³-hybridized carbons (Fsp3) is 0.227. The summed E-state index contributed by atoms with van der Waals surface area (Å²) in [5, 5.41) is 15.8. The lowest BCUT2D eigenvalue weighted by atomic mass is 10.1. The number of thiazole rings is 1. The number of benzene rings is 2. The molecule has 0 radical (unpaired) electrons. The summed E-state index contributed by atoms with van der Waals surface area (Å²) in [6.07, 6.45) is 2.35. The molecule has 0 N–H and O–H groups in total. The molecule has 0 amide bonds. The van der Waals surface area contributed by atoms with Gasteiger partial charge in [0.15, 0.2) is 17.3 Å². The standard InChI is InChI=1S/C22H20N4O6S/c1-30-16-7-5-4-6-14(16)11-19-21(27)25-22(33-19)23-20(24-25)9-8-13-10-17(31-2)18(32-3)12-15(13)26(28)29/h4-7,10-12H,8-9H2,1-3H3/b19-11-. The van der Waals surface area contributed by atoms with E-state index < -0.39 is 4.92 Å². The molecule has 0 saturated carbocycles. The highest BCUT2D eigenvalue weighted by Gasteiger charge is 2.20. The van der Waals surface area contributed by atoms with Crippen molar-refractivity contribution in [2.75, 3.05) is 21.3 Å². The molecule has 0 spiro atoms. The lowest BCUT2D eigenvalue weighted by Crippen LogP contribution is -2.24. The van der Waals surface area contributed by atoms with Crippen LogP contribution in [0.3, 0.4) is 0 Å². The molecule has 0 fully saturated rings. The number of aromatic nitrogens is 3. The topological polar surface area (TPSA) is 118 Å². The number of hydrogen-bond acceptors (Lipinski definition) is 9. The van der Waals surface area contributed by atoms with Crippen LogP contribution in [0.1, 0.15) is 17.0 Å². The zero-order valence-electron chi connectivity index (χ0n) is 18.1. The Hall–Kier alpha value is -3.99. The van der Waals surface area contributed by atoms with Crippen LogP contribution in [0.25, 0.3) is 11.0 Å². The Morgan fingerprint density at radius 2 is 1.76 bits per heavy atom. The second-order valence-electron chi connectivity index (χ2n) is 6.97. The van der Waals surface area contributed by atoms with Crippen molar-refractivity contribution in [2.45, 2.75) is 12.8 Å². The highest BCUT2D eigenvalue weighted by Crippen LogP contribution is 2.35. The fourth-order valence-electron chi connectivity index (χ4n) is 3.43. The summed E-state index contributed by atoms with van der Waals surface area (Å²) in [7, 11) is 4.46. The summed E-state index contributed by atoms with van der Waals surface area (Å²) in [6.45, 7) is 0. The first kappa shape index (κ1) is 22.2. The molecule has 0 atom stereocenters. The largest absolute Gasteiger partial charge is 0.496 e. The van der Waals surface area contributed by atoms with E-state index in [4.69, 9.17) is 14.2 Å². The first-order valence-electron chi connectivity index (χ1n) is 9.87. The fourth-order valence-corrected chi connectivity index (χ4v) is 4.35. The molecule has 10 nitrogen and oxygen atoms in total. The molecule has 33 heavy (non-hydrogen) atoms. The molecule has 0 aliphatic heterocycles. The molecule has 2 aromatic heterocycles. The smallest absolute Gasteiger partial charge is 0.291 e. The van der Waals surface area contributed by atoms with Gasteiger partial charge in [-0.3, -0.25) is 14.9 Å². The maximum absolute atomic E-state index is 12.8. The van der Waals surface area contributed by atoms with E-state index in [1.807, 2.05) is 24.3 Å². The van der Waals surface area contributed by atoms with Gasteiger partial charge in [0.05, 0.1) is 36.9 Å². The molecule has 4 rings (SSSR count). The molecule has 11 heteroatoms. The van der Waals surface area contributed by atoms with Crippen LogP contribution in [-0.2, 0) is 12.8 Å². The molecular weight excluding hydrogens is 448 g/mol. The molecule has 0 aliphatic rings. The number of nitro groups is 1. The first-order chi connectivity index (χ1) is 15.9. The van der Waals surface area contributed by atoms with Gasteiger partial charge in [-0.25, -0.2) is 4.98 Å². The van der Waals surface area contributed by atoms with Gasteiger partial charge >= 0.3 is 0 Å². The van der Waals surface area contributed by atoms with Crippen LogP contribution in [0, 0.1) is 10.1 Å². The minimum atomic E-state index is -0.466. The van der Waals surface area contributed by atoms with Crippen molar-refractivity contribution >= 4 is 28.1 Å². The lowest BCUT2D eigenvalue weighted by Gasteiger charge is -2.10. The van der Waals surface area contributed by atoms with Crippen LogP contribution in [0.5, 0.6) is 17.2 Å². The summed E-state index contributed by atoms with van der Waals surface area (Å²) in [6, 6.07) is 10.3. The van der Waals surface area contributed by atoms with Crippen molar-refractivity contribution in [1.29, 1.82) is 0 Å². The molecule has 2 aromatic carbocycles. The Labute approximate surface area is 191 Å². The van der Waals surface area contributed by atoms with E-state index in [1.165, 1.54) is 36.1 Å². The number of nitrogens with zero attached hydrogens (tertiary/aromatic N) is 4. The minimum Gasteiger partial charge on any atom is -0.496 e. The van der Waals surface area contributed by atoms with Crippen LogP contribution in [0.4, 0.5) is 5.69 Å². The van der Waals surface area contributed by atoms with Crippen molar-refractivity contribution < 1.29 is 19.1 Å². The Morgan fingerprint density at radius 1 is 1.06 bits per heavy atom. The number of methoxy groups -OCH3 is 3. The monoisotopic (exact) mass is 468 g/mol. The number of hydrogen-bond donors (Lipinski definition) is 0. The molecule has 0 unspecified atom stereocenters. The van der Waals surface area contributed by atoms with Crippen molar-refractivity contribution in [2.24, 2.45) is 0 Å². The number of ether oxygens (including phenoxy) is 3. The van der Waals surface area contributed by atoms with Gasteiger partial charge in [-0.15, -0.1) is 5.10 Å². The number of fused-ring (bicyclic) bond motifs is 1. The van der Waals surface area contributed by atoms with Gasteiger partial charge in [0.25, 0.3) is 11.2 Å². The summed E-state index contributed by atoms with van der Waals surface area (Å²) in [5.74, 6) is 1.76. The average molecular weight is 468 g/mol. The molecule has 0 saturated heterocycles. The highest BCUT2D eigenvalue weighted by molar-refractivity contribution is 7.15.